The van der Waals surface area contributed by atoms with Crippen molar-refractivity contribution < 1.29 is 26.4 Å². The fraction of sp³-hybridized carbons (Fsp3) is 0.333. The van der Waals surface area contributed by atoms with Crippen molar-refractivity contribution in [1.82, 2.24) is 0 Å². The lowest BCUT2D eigenvalue weighted by Crippen LogP contribution is -2.23. The number of aryl methyl sites for hydroxylation is 1. The molecule has 8 nitrogen and oxygen atoms in total. The Balaban J connectivity index is 1.30. The van der Waals surface area contributed by atoms with Crippen molar-refractivity contribution in [2.45, 2.75) is 68.6 Å². The standard InChI is InChI=1S/C33H33NO7S3/c35-32-26-13-6-1-2-7-14-27(26)41-33(36)31(32)30(21-15-16-21)22-9-8-10-23(19-22)34-44(39,40)29-18-17-25(20-28(29)42)43(37,38)24-11-4-3-5-12-24/h3-5,8-12,17-19,21,30,34-35H,1-2,6-7,13-16,20H2. The van der Waals surface area contributed by atoms with Gasteiger partial charge in [-0.15, -0.1) is 0 Å². The van der Waals surface area contributed by atoms with Crippen LogP contribution in [0.25, 0.3) is 0 Å². The Morgan fingerprint density at radius 2 is 1.64 bits per heavy atom. The van der Waals surface area contributed by atoms with E-state index in [1.54, 1.807) is 36.4 Å². The SMILES string of the molecule is O=c1oc2c(c(O)c1C(c1cccc(NS(=O)(=O)C3=CC=C(S(=O)(=O)c4ccccc4)CC3=S)c1)C1CC1)CCCCCC2. The highest BCUT2D eigenvalue weighted by atomic mass is 32.2. The molecule has 0 spiro atoms. The summed E-state index contributed by atoms with van der Waals surface area (Å²) in [6.45, 7) is 0. The molecule has 6 rings (SSSR count). The first-order valence-electron chi connectivity index (χ1n) is 14.8. The van der Waals surface area contributed by atoms with Gasteiger partial charge in [-0.05, 0) is 80.0 Å². The fourth-order valence-electron chi connectivity index (χ4n) is 6.15. The van der Waals surface area contributed by atoms with Gasteiger partial charge in [0.05, 0.1) is 15.4 Å². The number of thiocarbonyl (C=S) groups is 1. The molecule has 3 aromatic rings. The monoisotopic (exact) mass is 651 g/mol. The summed E-state index contributed by atoms with van der Waals surface area (Å²) in [5.41, 5.74) is 1.35. The van der Waals surface area contributed by atoms with E-state index in [4.69, 9.17) is 16.6 Å². The van der Waals surface area contributed by atoms with Crippen LogP contribution in [0.2, 0.25) is 0 Å². The van der Waals surface area contributed by atoms with E-state index >= 15 is 0 Å². The van der Waals surface area contributed by atoms with Crippen LogP contribution in [0.3, 0.4) is 0 Å². The number of benzene rings is 2. The number of hydrogen-bond donors (Lipinski definition) is 2. The van der Waals surface area contributed by atoms with Crippen molar-refractivity contribution in [2.75, 3.05) is 4.72 Å². The first-order chi connectivity index (χ1) is 21.1. The van der Waals surface area contributed by atoms with E-state index in [1.807, 2.05) is 6.07 Å². The zero-order valence-corrected chi connectivity index (χ0v) is 26.4. The zero-order valence-electron chi connectivity index (χ0n) is 24.0. The molecule has 1 fully saturated rings. The highest BCUT2D eigenvalue weighted by Gasteiger charge is 2.39. The van der Waals surface area contributed by atoms with Crippen LogP contribution in [0.15, 0.2) is 90.7 Å². The first kappa shape index (κ1) is 30.5. The third-order valence-corrected chi connectivity index (χ3v) is 12.3. The molecule has 2 N–H and O–H groups in total. The number of hydrogen-bond acceptors (Lipinski definition) is 8. The predicted octanol–water partition coefficient (Wildman–Crippen LogP) is 6.30. The van der Waals surface area contributed by atoms with Gasteiger partial charge in [0.1, 0.15) is 16.4 Å². The minimum absolute atomic E-state index is 0.00629. The van der Waals surface area contributed by atoms with Gasteiger partial charge >= 0.3 is 5.63 Å². The van der Waals surface area contributed by atoms with Gasteiger partial charge in [0.25, 0.3) is 10.0 Å². The third kappa shape index (κ3) is 6.05. The molecule has 3 aliphatic rings. The maximum absolute atomic E-state index is 13.5. The van der Waals surface area contributed by atoms with Gasteiger partial charge in [-0.1, -0.05) is 55.4 Å². The molecule has 11 heteroatoms. The van der Waals surface area contributed by atoms with Gasteiger partial charge in [0.2, 0.25) is 9.84 Å². The lowest BCUT2D eigenvalue weighted by molar-refractivity contribution is 0.382. The molecular weight excluding hydrogens is 619 g/mol. The summed E-state index contributed by atoms with van der Waals surface area (Å²) in [6.07, 6.45) is 9.24. The lowest BCUT2D eigenvalue weighted by atomic mass is 9.85. The fourth-order valence-corrected chi connectivity index (χ4v) is 9.36. The summed E-state index contributed by atoms with van der Waals surface area (Å²) in [4.78, 5) is 13.2. The topological polar surface area (TPSA) is 131 Å². The second kappa shape index (κ2) is 12.1. The van der Waals surface area contributed by atoms with E-state index in [-0.39, 0.29) is 48.9 Å². The van der Waals surface area contributed by atoms with Gasteiger partial charge in [0.15, 0.2) is 0 Å². The van der Waals surface area contributed by atoms with E-state index in [0.29, 0.717) is 29.7 Å². The number of allylic oxidation sites excluding steroid dienone is 4. The number of fused-ring (bicyclic) bond motifs is 1. The van der Waals surface area contributed by atoms with Crippen LogP contribution in [0.5, 0.6) is 5.75 Å². The molecule has 230 valence electrons. The van der Waals surface area contributed by atoms with Crippen LogP contribution in [0, 0.1) is 5.92 Å². The van der Waals surface area contributed by atoms with Crippen LogP contribution in [0.4, 0.5) is 5.69 Å². The Hall–Kier alpha value is -3.54. The van der Waals surface area contributed by atoms with E-state index < -0.39 is 31.4 Å². The van der Waals surface area contributed by atoms with E-state index in [9.17, 15) is 26.7 Å². The molecule has 1 atom stereocenters. The summed E-state index contributed by atoms with van der Waals surface area (Å²) in [5, 5.41) is 11.4. The normalized spacial score (nSPS) is 18.3. The highest BCUT2D eigenvalue weighted by molar-refractivity contribution is 7.99. The van der Waals surface area contributed by atoms with Crippen molar-refractivity contribution in [3.05, 3.63) is 109 Å². The van der Waals surface area contributed by atoms with E-state index in [0.717, 1.165) is 38.5 Å². The van der Waals surface area contributed by atoms with Gasteiger partial charge in [-0.3, -0.25) is 4.72 Å². The predicted molar refractivity (Wildman–Crippen MR) is 173 cm³/mol. The van der Waals surface area contributed by atoms with Gasteiger partial charge in [-0.25, -0.2) is 21.6 Å². The van der Waals surface area contributed by atoms with Crippen LogP contribution in [0.1, 0.15) is 73.3 Å². The summed E-state index contributed by atoms with van der Waals surface area (Å²) in [7, 11) is -7.99. The van der Waals surface area contributed by atoms with Crippen molar-refractivity contribution in [3.8, 4) is 5.75 Å². The highest BCUT2D eigenvalue weighted by Crippen LogP contribution is 2.49. The Morgan fingerprint density at radius 1 is 0.909 bits per heavy atom. The van der Waals surface area contributed by atoms with Crippen molar-refractivity contribution in [3.63, 3.8) is 0 Å². The number of sulfone groups is 1. The molecule has 0 aliphatic heterocycles. The zero-order chi connectivity index (χ0) is 31.1. The first-order valence-corrected chi connectivity index (χ1v) is 18.2. The van der Waals surface area contributed by atoms with Crippen LogP contribution in [-0.4, -0.2) is 26.8 Å². The minimum Gasteiger partial charge on any atom is -0.507 e. The molecule has 2 aromatic carbocycles. The van der Waals surface area contributed by atoms with Crippen molar-refractivity contribution >= 4 is 42.6 Å². The van der Waals surface area contributed by atoms with E-state index in [2.05, 4.69) is 4.72 Å². The molecule has 1 heterocycles. The number of anilines is 1. The van der Waals surface area contributed by atoms with Crippen LogP contribution >= 0.6 is 12.2 Å². The van der Waals surface area contributed by atoms with Gasteiger partial charge in [-0.2, -0.15) is 0 Å². The van der Waals surface area contributed by atoms with E-state index in [1.165, 1.54) is 24.3 Å². The largest absolute Gasteiger partial charge is 0.507 e. The molecule has 1 saturated carbocycles. The molecule has 0 radical (unpaired) electrons. The Bertz CT molecular complexity index is 1960. The second-order valence-electron chi connectivity index (χ2n) is 11.6. The number of rotatable bonds is 8. The van der Waals surface area contributed by atoms with Gasteiger partial charge in [0, 0.05) is 34.9 Å². The summed E-state index contributed by atoms with van der Waals surface area (Å²) in [5.74, 6) is 0.241. The Labute approximate surface area is 262 Å². The maximum Gasteiger partial charge on any atom is 0.343 e. The quantitative estimate of drug-likeness (QED) is 0.271. The van der Waals surface area contributed by atoms with Crippen LogP contribution < -0.4 is 10.3 Å². The van der Waals surface area contributed by atoms with Crippen molar-refractivity contribution in [2.24, 2.45) is 5.92 Å². The van der Waals surface area contributed by atoms with Gasteiger partial charge < -0.3 is 9.52 Å². The smallest absolute Gasteiger partial charge is 0.343 e. The number of nitrogens with one attached hydrogen (secondary N) is 1. The summed E-state index contributed by atoms with van der Waals surface area (Å²) in [6, 6.07) is 14.7. The molecular formula is C33H33NO7S3. The molecule has 1 aromatic heterocycles. The average Bonchev–Trinajstić information content (AvgIpc) is 3.82. The lowest BCUT2D eigenvalue weighted by Gasteiger charge is -2.22. The average molecular weight is 652 g/mol. The van der Waals surface area contributed by atoms with Crippen molar-refractivity contribution in [1.29, 1.82) is 0 Å². The summed E-state index contributed by atoms with van der Waals surface area (Å²) < 4.78 is 61.4. The maximum atomic E-state index is 13.5. The van der Waals surface area contributed by atoms with Crippen LogP contribution in [-0.2, 0) is 32.7 Å². The minimum atomic E-state index is -4.17. The molecule has 1 unspecified atom stereocenters. The summed E-state index contributed by atoms with van der Waals surface area (Å²) >= 11 is 5.39. The third-order valence-electron chi connectivity index (χ3n) is 8.51. The Kier molecular flexibility index (Phi) is 8.38. The molecule has 44 heavy (non-hydrogen) atoms. The molecule has 0 bridgehead atoms. The molecule has 0 amide bonds. The second-order valence-corrected chi connectivity index (χ2v) is 15.7. The number of aromatic hydroxyl groups is 1. The number of sulfonamides is 1. The Morgan fingerprint density at radius 3 is 2.34 bits per heavy atom. The molecule has 0 saturated heterocycles. The molecule has 3 aliphatic carbocycles.